The normalized spacial score (nSPS) is 11.6. The summed E-state index contributed by atoms with van der Waals surface area (Å²) in [7, 11) is -3.30. The van der Waals surface area contributed by atoms with Crippen molar-refractivity contribution in [3.63, 3.8) is 0 Å². The molecule has 0 aliphatic heterocycles. The fraction of sp³-hybridized carbons (Fsp3) is 0.273. The van der Waals surface area contributed by atoms with Gasteiger partial charge in [0.15, 0.2) is 9.84 Å². The molecular formula is C22H23FN2O3S2. The molecule has 8 heteroatoms. The van der Waals surface area contributed by atoms with E-state index < -0.39 is 9.84 Å². The number of aromatic nitrogens is 2. The molecule has 3 aromatic rings. The van der Waals surface area contributed by atoms with Crippen molar-refractivity contribution in [1.82, 2.24) is 9.78 Å². The summed E-state index contributed by atoms with van der Waals surface area (Å²) in [6.07, 6.45) is 4.89. The van der Waals surface area contributed by atoms with E-state index in [1.165, 1.54) is 41.1 Å². The summed E-state index contributed by atoms with van der Waals surface area (Å²) in [5.74, 6) is 1.05. The van der Waals surface area contributed by atoms with Gasteiger partial charge in [0.1, 0.15) is 5.82 Å². The lowest BCUT2D eigenvalue weighted by atomic mass is 10.0. The van der Waals surface area contributed by atoms with Crippen molar-refractivity contribution in [2.75, 3.05) is 12.0 Å². The highest BCUT2D eigenvalue weighted by Crippen LogP contribution is 2.26. The number of thioether (sulfide) groups is 1. The molecule has 0 saturated heterocycles. The Bertz CT molecular complexity index is 1170. The van der Waals surface area contributed by atoms with Crippen LogP contribution in [0.1, 0.15) is 25.3 Å². The minimum absolute atomic E-state index is 0.220. The van der Waals surface area contributed by atoms with Gasteiger partial charge in [-0.2, -0.15) is 21.5 Å². The molecule has 0 unspecified atom stereocenters. The van der Waals surface area contributed by atoms with E-state index in [-0.39, 0.29) is 16.3 Å². The fourth-order valence-electron chi connectivity index (χ4n) is 2.95. The number of nitrogens with zero attached hydrogens (tertiary/aromatic N) is 2. The Morgan fingerprint density at radius 3 is 2.33 bits per heavy atom. The lowest BCUT2D eigenvalue weighted by Crippen LogP contribution is -2.25. The topological polar surface area (TPSA) is 69.0 Å². The van der Waals surface area contributed by atoms with Gasteiger partial charge in [0.05, 0.1) is 16.8 Å². The molecule has 0 radical (unpaired) electrons. The van der Waals surface area contributed by atoms with Crippen LogP contribution < -0.4 is 5.56 Å². The van der Waals surface area contributed by atoms with E-state index in [0.717, 1.165) is 30.4 Å². The molecule has 0 N–H and O–H groups in total. The van der Waals surface area contributed by atoms with Gasteiger partial charge < -0.3 is 0 Å². The number of halogens is 1. The van der Waals surface area contributed by atoms with Crippen molar-refractivity contribution in [3.05, 3.63) is 76.5 Å². The van der Waals surface area contributed by atoms with Crippen LogP contribution in [0.2, 0.25) is 0 Å². The quantitative estimate of drug-likeness (QED) is 0.478. The molecule has 0 saturated carbocycles. The lowest BCUT2D eigenvalue weighted by Gasteiger charge is -2.13. The maximum atomic E-state index is 13.3. The van der Waals surface area contributed by atoms with Gasteiger partial charge in [-0.1, -0.05) is 25.5 Å². The zero-order valence-corrected chi connectivity index (χ0v) is 18.5. The Morgan fingerprint density at radius 2 is 1.73 bits per heavy atom. The van der Waals surface area contributed by atoms with Crippen LogP contribution >= 0.6 is 11.8 Å². The Hall–Kier alpha value is -2.45. The van der Waals surface area contributed by atoms with Gasteiger partial charge in [-0.05, 0) is 54.1 Å². The van der Waals surface area contributed by atoms with Crippen LogP contribution in [0.15, 0.2) is 64.4 Å². The first-order chi connectivity index (χ1) is 14.3. The smallest absolute Gasteiger partial charge is 0.267 e. The molecule has 158 valence electrons. The van der Waals surface area contributed by atoms with Crippen LogP contribution in [0.4, 0.5) is 4.39 Å². The third kappa shape index (κ3) is 5.17. The van der Waals surface area contributed by atoms with Crippen LogP contribution in [-0.2, 0) is 15.6 Å². The summed E-state index contributed by atoms with van der Waals surface area (Å²) in [5.41, 5.74) is 2.20. The molecule has 0 bridgehead atoms. The van der Waals surface area contributed by atoms with Crippen LogP contribution in [0.25, 0.3) is 16.8 Å². The molecule has 5 nitrogen and oxygen atoms in total. The van der Waals surface area contributed by atoms with Gasteiger partial charge >= 0.3 is 0 Å². The molecule has 0 aliphatic rings. The molecule has 1 heterocycles. The van der Waals surface area contributed by atoms with E-state index in [4.69, 9.17) is 0 Å². The third-order valence-electron chi connectivity index (χ3n) is 4.63. The van der Waals surface area contributed by atoms with E-state index in [1.807, 2.05) is 0 Å². The summed E-state index contributed by atoms with van der Waals surface area (Å²) in [6.45, 7) is 2.11. The number of hydrogen-bond donors (Lipinski definition) is 0. The van der Waals surface area contributed by atoms with Crippen molar-refractivity contribution in [2.45, 2.75) is 30.4 Å². The number of sulfone groups is 1. The van der Waals surface area contributed by atoms with E-state index in [1.54, 1.807) is 30.1 Å². The number of benzene rings is 2. The highest BCUT2D eigenvalue weighted by Gasteiger charge is 2.15. The maximum Gasteiger partial charge on any atom is 0.276 e. The van der Waals surface area contributed by atoms with E-state index in [9.17, 15) is 17.6 Å². The molecule has 0 amide bonds. The highest BCUT2D eigenvalue weighted by molar-refractivity contribution is 7.98. The molecular weight excluding hydrogens is 423 g/mol. The zero-order chi connectivity index (χ0) is 21.7. The Kier molecular flexibility index (Phi) is 7.10. The monoisotopic (exact) mass is 446 g/mol. The van der Waals surface area contributed by atoms with E-state index in [0.29, 0.717) is 22.6 Å². The van der Waals surface area contributed by atoms with Gasteiger partial charge in [-0.25, -0.2) is 12.8 Å². The number of rotatable bonds is 8. The highest BCUT2D eigenvalue weighted by atomic mass is 32.2. The van der Waals surface area contributed by atoms with Crippen molar-refractivity contribution in [3.8, 4) is 16.8 Å². The zero-order valence-electron chi connectivity index (χ0n) is 16.8. The second-order valence-corrected chi connectivity index (χ2v) is 10.1. The van der Waals surface area contributed by atoms with Crippen molar-refractivity contribution in [1.29, 1.82) is 0 Å². The minimum Gasteiger partial charge on any atom is -0.267 e. The molecule has 0 fully saturated rings. The average Bonchev–Trinajstić information content (AvgIpc) is 2.72. The summed E-state index contributed by atoms with van der Waals surface area (Å²) < 4.78 is 38.0. The summed E-state index contributed by atoms with van der Waals surface area (Å²) in [4.78, 5) is 13.5. The molecule has 1 aromatic heterocycles. The van der Waals surface area contributed by atoms with Crippen LogP contribution in [0.5, 0.6) is 0 Å². The largest absolute Gasteiger partial charge is 0.276 e. The average molecular weight is 447 g/mol. The standard InChI is InChI=1S/C22H23FN2O3S2/c1-3-4-13-29-15-21-20(16-5-11-19(12-6-16)30(2,27)28)14-24-25(22(21)26)18-9-7-17(23)8-10-18/h5-12,14H,3-4,13,15H2,1-2H3. The molecule has 0 atom stereocenters. The predicted octanol–water partition coefficient (Wildman–Crippen LogP) is 4.48. The van der Waals surface area contributed by atoms with Crippen molar-refractivity contribution < 1.29 is 12.8 Å². The van der Waals surface area contributed by atoms with Crippen LogP contribution in [0, 0.1) is 5.82 Å². The van der Waals surface area contributed by atoms with Crippen molar-refractivity contribution >= 4 is 21.6 Å². The van der Waals surface area contributed by atoms with Crippen molar-refractivity contribution in [2.24, 2.45) is 0 Å². The van der Waals surface area contributed by atoms with Gasteiger partial charge in [0.2, 0.25) is 0 Å². The van der Waals surface area contributed by atoms with E-state index >= 15 is 0 Å². The SMILES string of the molecule is CCCCSCc1c(-c2ccc(S(C)(=O)=O)cc2)cnn(-c2ccc(F)cc2)c1=O. The Labute approximate surface area is 179 Å². The molecule has 2 aromatic carbocycles. The predicted molar refractivity (Wildman–Crippen MR) is 119 cm³/mol. The van der Waals surface area contributed by atoms with Gasteiger partial charge in [-0.15, -0.1) is 0 Å². The lowest BCUT2D eigenvalue weighted by molar-refractivity contribution is 0.602. The second-order valence-electron chi connectivity index (χ2n) is 6.93. The summed E-state index contributed by atoms with van der Waals surface area (Å²) in [6, 6.07) is 12.0. The van der Waals surface area contributed by atoms with Gasteiger partial charge in [-0.3, -0.25) is 4.79 Å². The second kappa shape index (κ2) is 9.57. The molecule has 30 heavy (non-hydrogen) atoms. The molecule has 3 rings (SSSR count). The minimum atomic E-state index is -3.30. The Balaban J connectivity index is 2.06. The third-order valence-corrected chi connectivity index (χ3v) is 6.83. The van der Waals surface area contributed by atoms with Crippen LogP contribution in [-0.4, -0.2) is 30.2 Å². The first-order valence-corrected chi connectivity index (χ1v) is 12.6. The van der Waals surface area contributed by atoms with Crippen LogP contribution in [0.3, 0.4) is 0 Å². The number of unbranched alkanes of at least 4 members (excludes halogenated alkanes) is 1. The maximum absolute atomic E-state index is 13.3. The Morgan fingerprint density at radius 1 is 1.07 bits per heavy atom. The molecule has 0 spiro atoms. The van der Waals surface area contributed by atoms with Gasteiger partial charge in [0, 0.05) is 23.1 Å². The summed E-state index contributed by atoms with van der Waals surface area (Å²) >= 11 is 1.67. The first-order valence-electron chi connectivity index (χ1n) is 9.56. The van der Waals surface area contributed by atoms with Gasteiger partial charge in [0.25, 0.3) is 5.56 Å². The number of hydrogen-bond acceptors (Lipinski definition) is 5. The van der Waals surface area contributed by atoms with E-state index in [2.05, 4.69) is 12.0 Å². The summed E-state index contributed by atoms with van der Waals surface area (Å²) in [5, 5.41) is 4.28. The fourth-order valence-corrected chi connectivity index (χ4v) is 4.70. The first kappa shape index (κ1) is 22.2. The molecule has 0 aliphatic carbocycles.